The SMILES string of the molecule is Cn1cnc(C(=O)N2CCN(CCO)CC2)c1. The Balaban J connectivity index is 1.90. The minimum Gasteiger partial charge on any atom is -0.395 e. The largest absolute Gasteiger partial charge is 0.395 e. The van der Waals surface area contributed by atoms with Gasteiger partial charge in [-0.1, -0.05) is 0 Å². The third kappa shape index (κ3) is 2.83. The number of hydrogen-bond donors (Lipinski definition) is 1. The highest BCUT2D eigenvalue weighted by Crippen LogP contribution is 2.06. The van der Waals surface area contributed by atoms with Gasteiger partial charge in [0.2, 0.25) is 0 Å². The van der Waals surface area contributed by atoms with Crippen molar-refractivity contribution < 1.29 is 9.90 Å². The number of nitrogens with zero attached hydrogens (tertiary/aromatic N) is 4. The van der Waals surface area contributed by atoms with Crippen LogP contribution < -0.4 is 0 Å². The fourth-order valence-corrected chi connectivity index (χ4v) is 2.00. The van der Waals surface area contributed by atoms with Crippen molar-refractivity contribution >= 4 is 5.91 Å². The maximum atomic E-state index is 12.1. The van der Waals surface area contributed by atoms with E-state index in [0.717, 1.165) is 13.1 Å². The van der Waals surface area contributed by atoms with E-state index in [1.165, 1.54) is 0 Å². The molecule has 0 aromatic carbocycles. The van der Waals surface area contributed by atoms with Crippen molar-refractivity contribution in [1.29, 1.82) is 0 Å². The number of amides is 1. The summed E-state index contributed by atoms with van der Waals surface area (Å²) in [7, 11) is 1.85. The molecule has 0 aliphatic carbocycles. The van der Waals surface area contributed by atoms with Gasteiger partial charge in [-0.25, -0.2) is 4.98 Å². The van der Waals surface area contributed by atoms with E-state index >= 15 is 0 Å². The number of imidazole rings is 1. The number of piperazine rings is 1. The number of hydrogen-bond acceptors (Lipinski definition) is 4. The lowest BCUT2D eigenvalue weighted by Crippen LogP contribution is -2.49. The Morgan fingerprint density at radius 2 is 2.12 bits per heavy atom. The molecular formula is C11H18N4O2. The van der Waals surface area contributed by atoms with Crippen LogP contribution in [0.15, 0.2) is 12.5 Å². The van der Waals surface area contributed by atoms with Crippen molar-refractivity contribution in [3.63, 3.8) is 0 Å². The molecule has 0 unspecified atom stereocenters. The van der Waals surface area contributed by atoms with Crippen LogP contribution in [0.1, 0.15) is 10.5 Å². The molecule has 2 heterocycles. The van der Waals surface area contributed by atoms with E-state index in [9.17, 15) is 4.79 Å². The van der Waals surface area contributed by atoms with Gasteiger partial charge in [0, 0.05) is 46.0 Å². The lowest BCUT2D eigenvalue weighted by molar-refractivity contribution is 0.0610. The number of aliphatic hydroxyl groups is 1. The predicted molar refractivity (Wildman–Crippen MR) is 62.6 cm³/mol. The summed E-state index contributed by atoms with van der Waals surface area (Å²) in [5.41, 5.74) is 0.503. The van der Waals surface area contributed by atoms with E-state index in [1.807, 2.05) is 11.9 Å². The smallest absolute Gasteiger partial charge is 0.274 e. The Morgan fingerprint density at radius 1 is 1.41 bits per heavy atom. The van der Waals surface area contributed by atoms with Crippen LogP contribution in [0.25, 0.3) is 0 Å². The van der Waals surface area contributed by atoms with Gasteiger partial charge in [-0.05, 0) is 0 Å². The molecular weight excluding hydrogens is 220 g/mol. The molecule has 1 amide bonds. The van der Waals surface area contributed by atoms with E-state index < -0.39 is 0 Å². The maximum absolute atomic E-state index is 12.1. The molecule has 0 spiro atoms. The highest BCUT2D eigenvalue weighted by molar-refractivity contribution is 5.92. The summed E-state index contributed by atoms with van der Waals surface area (Å²) in [4.78, 5) is 20.1. The normalized spacial score (nSPS) is 17.4. The molecule has 0 bridgehead atoms. The van der Waals surface area contributed by atoms with Crippen LogP contribution in [0.3, 0.4) is 0 Å². The summed E-state index contributed by atoms with van der Waals surface area (Å²) in [5.74, 6) is -0.00533. The first kappa shape index (κ1) is 12.1. The maximum Gasteiger partial charge on any atom is 0.274 e. The van der Waals surface area contributed by atoms with Gasteiger partial charge < -0.3 is 14.6 Å². The molecule has 1 aliphatic heterocycles. The molecule has 0 atom stereocenters. The van der Waals surface area contributed by atoms with Crippen LogP contribution in [0, 0.1) is 0 Å². The Kier molecular flexibility index (Phi) is 3.75. The molecule has 1 fully saturated rings. The zero-order chi connectivity index (χ0) is 12.3. The zero-order valence-corrected chi connectivity index (χ0v) is 10.0. The van der Waals surface area contributed by atoms with Crippen LogP contribution in [-0.4, -0.2) is 69.7 Å². The Morgan fingerprint density at radius 3 is 2.65 bits per heavy atom. The van der Waals surface area contributed by atoms with Gasteiger partial charge in [-0.3, -0.25) is 9.69 Å². The summed E-state index contributed by atoms with van der Waals surface area (Å²) in [5, 5.41) is 8.84. The number of aliphatic hydroxyl groups excluding tert-OH is 1. The molecule has 0 saturated carbocycles. The second kappa shape index (κ2) is 5.29. The van der Waals surface area contributed by atoms with Crippen LogP contribution in [0.5, 0.6) is 0 Å². The van der Waals surface area contributed by atoms with Gasteiger partial charge in [0.25, 0.3) is 5.91 Å². The Hall–Kier alpha value is -1.40. The van der Waals surface area contributed by atoms with Crippen LogP contribution in [0.4, 0.5) is 0 Å². The number of β-amino-alcohol motifs (C(OH)–C–C–N with tert-alkyl or cyclic N) is 1. The quantitative estimate of drug-likeness (QED) is 0.746. The molecule has 1 aliphatic rings. The third-order valence-electron chi connectivity index (χ3n) is 3.00. The number of rotatable bonds is 3. The van der Waals surface area contributed by atoms with Crippen molar-refractivity contribution in [2.45, 2.75) is 0 Å². The van der Waals surface area contributed by atoms with Crippen molar-refractivity contribution in [3.8, 4) is 0 Å². The van der Waals surface area contributed by atoms with E-state index in [-0.39, 0.29) is 12.5 Å². The Bertz CT molecular complexity index is 383. The van der Waals surface area contributed by atoms with Gasteiger partial charge in [0.1, 0.15) is 5.69 Å². The minimum atomic E-state index is -0.00533. The van der Waals surface area contributed by atoms with Crippen LogP contribution >= 0.6 is 0 Å². The average molecular weight is 238 g/mol. The molecule has 1 N–H and O–H groups in total. The molecule has 1 aromatic heterocycles. The first-order chi connectivity index (χ1) is 8.20. The second-order valence-corrected chi connectivity index (χ2v) is 4.28. The molecule has 1 saturated heterocycles. The molecule has 17 heavy (non-hydrogen) atoms. The van der Waals surface area contributed by atoms with Crippen LogP contribution in [0.2, 0.25) is 0 Å². The van der Waals surface area contributed by atoms with E-state index in [2.05, 4.69) is 9.88 Å². The number of carbonyl (C=O) groups is 1. The number of carbonyl (C=O) groups excluding carboxylic acids is 1. The van der Waals surface area contributed by atoms with Gasteiger partial charge in [0.05, 0.1) is 12.9 Å². The van der Waals surface area contributed by atoms with Crippen molar-refractivity contribution in [2.75, 3.05) is 39.3 Å². The third-order valence-corrected chi connectivity index (χ3v) is 3.00. The van der Waals surface area contributed by atoms with Gasteiger partial charge in [-0.15, -0.1) is 0 Å². The van der Waals surface area contributed by atoms with E-state index in [1.54, 1.807) is 17.1 Å². The highest BCUT2D eigenvalue weighted by Gasteiger charge is 2.22. The van der Waals surface area contributed by atoms with E-state index in [0.29, 0.717) is 25.3 Å². The molecule has 0 radical (unpaired) electrons. The molecule has 6 heteroatoms. The fourth-order valence-electron chi connectivity index (χ4n) is 2.00. The summed E-state index contributed by atoms with van der Waals surface area (Å²) in [6.07, 6.45) is 3.37. The van der Waals surface area contributed by atoms with Gasteiger partial charge in [0.15, 0.2) is 0 Å². The van der Waals surface area contributed by atoms with Gasteiger partial charge >= 0.3 is 0 Å². The van der Waals surface area contributed by atoms with Crippen molar-refractivity contribution in [2.24, 2.45) is 7.05 Å². The minimum absolute atomic E-state index is 0.00533. The lowest BCUT2D eigenvalue weighted by Gasteiger charge is -2.33. The highest BCUT2D eigenvalue weighted by atomic mass is 16.3. The Labute approximate surface area is 100 Å². The summed E-state index contributed by atoms with van der Waals surface area (Å²) in [6, 6.07) is 0. The first-order valence-corrected chi connectivity index (χ1v) is 5.81. The second-order valence-electron chi connectivity index (χ2n) is 4.28. The molecule has 2 rings (SSSR count). The fraction of sp³-hybridized carbons (Fsp3) is 0.636. The van der Waals surface area contributed by atoms with E-state index in [4.69, 9.17) is 5.11 Å². The van der Waals surface area contributed by atoms with Gasteiger partial charge in [-0.2, -0.15) is 0 Å². The van der Waals surface area contributed by atoms with Crippen LogP contribution in [-0.2, 0) is 7.05 Å². The number of aromatic nitrogens is 2. The zero-order valence-electron chi connectivity index (χ0n) is 10.0. The topological polar surface area (TPSA) is 61.6 Å². The summed E-state index contributed by atoms with van der Waals surface area (Å²) in [6.45, 7) is 3.91. The first-order valence-electron chi connectivity index (χ1n) is 5.81. The standard InChI is InChI=1S/C11H18N4O2/c1-13-8-10(12-9-13)11(17)15-4-2-14(3-5-15)6-7-16/h8-9,16H,2-7H2,1H3. The lowest BCUT2D eigenvalue weighted by atomic mass is 10.3. The van der Waals surface area contributed by atoms with Crippen molar-refractivity contribution in [3.05, 3.63) is 18.2 Å². The summed E-state index contributed by atoms with van der Waals surface area (Å²) < 4.78 is 1.77. The molecule has 6 nitrogen and oxygen atoms in total. The predicted octanol–water partition coefficient (Wildman–Crippen LogP) is -0.830. The summed E-state index contributed by atoms with van der Waals surface area (Å²) >= 11 is 0. The average Bonchev–Trinajstić information content (AvgIpc) is 2.76. The van der Waals surface area contributed by atoms with Crippen molar-refractivity contribution in [1.82, 2.24) is 19.4 Å². The monoisotopic (exact) mass is 238 g/mol. The molecule has 1 aromatic rings. The molecule has 94 valence electrons. The number of aryl methyl sites for hydroxylation is 1.